The van der Waals surface area contributed by atoms with Crippen molar-refractivity contribution < 1.29 is 4.79 Å². The first-order chi connectivity index (χ1) is 12.1. The molecule has 0 bridgehead atoms. The van der Waals surface area contributed by atoms with Gasteiger partial charge in [-0.1, -0.05) is 26.0 Å². The number of nitrogens with one attached hydrogen (secondary N) is 1. The SMILES string of the molecule is CC(C)CN1CCC[C@@H]([C@@H](NC(=O)c2cccs2)c2ccccn2)C1. The summed E-state index contributed by atoms with van der Waals surface area (Å²) in [7, 11) is 0. The van der Waals surface area contributed by atoms with Crippen molar-refractivity contribution in [1.82, 2.24) is 15.2 Å². The van der Waals surface area contributed by atoms with Gasteiger partial charge in [-0.15, -0.1) is 11.3 Å². The predicted octanol–water partition coefficient (Wildman–Crippen LogP) is 3.98. The van der Waals surface area contributed by atoms with E-state index in [-0.39, 0.29) is 11.9 Å². The number of aromatic nitrogens is 1. The highest BCUT2D eigenvalue weighted by Crippen LogP contribution is 2.30. The zero-order valence-corrected chi connectivity index (χ0v) is 15.8. The lowest BCUT2D eigenvalue weighted by atomic mass is 9.88. The summed E-state index contributed by atoms with van der Waals surface area (Å²) in [6, 6.07) is 9.71. The van der Waals surface area contributed by atoms with Gasteiger partial charge in [0.05, 0.1) is 16.6 Å². The third-order valence-corrected chi connectivity index (χ3v) is 5.54. The number of thiophene rings is 1. The van der Waals surface area contributed by atoms with E-state index < -0.39 is 0 Å². The van der Waals surface area contributed by atoms with E-state index >= 15 is 0 Å². The quantitative estimate of drug-likeness (QED) is 0.850. The highest BCUT2D eigenvalue weighted by atomic mass is 32.1. The fourth-order valence-corrected chi connectivity index (χ4v) is 4.29. The molecular formula is C20H27N3OS. The van der Waals surface area contributed by atoms with Crippen LogP contribution in [0.4, 0.5) is 0 Å². The van der Waals surface area contributed by atoms with Crippen LogP contribution in [0, 0.1) is 11.8 Å². The van der Waals surface area contributed by atoms with E-state index in [0.717, 1.165) is 36.6 Å². The van der Waals surface area contributed by atoms with E-state index in [1.54, 1.807) is 0 Å². The largest absolute Gasteiger partial charge is 0.343 e. The molecule has 3 rings (SSSR count). The summed E-state index contributed by atoms with van der Waals surface area (Å²) >= 11 is 1.48. The summed E-state index contributed by atoms with van der Waals surface area (Å²) in [5.74, 6) is 1.06. The van der Waals surface area contributed by atoms with Gasteiger partial charge in [-0.25, -0.2) is 0 Å². The van der Waals surface area contributed by atoms with Gasteiger partial charge in [-0.05, 0) is 54.8 Å². The van der Waals surface area contributed by atoms with E-state index in [1.165, 1.54) is 17.8 Å². The minimum Gasteiger partial charge on any atom is -0.343 e. The van der Waals surface area contributed by atoms with Gasteiger partial charge in [0.25, 0.3) is 5.91 Å². The molecule has 2 aromatic heterocycles. The van der Waals surface area contributed by atoms with E-state index in [1.807, 2.05) is 41.9 Å². The van der Waals surface area contributed by atoms with Gasteiger partial charge in [-0.2, -0.15) is 0 Å². The lowest BCUT2D eigenvalue weighted by Gasteiger charge is -2.37. The second kappa shape index (κ2) is 8.59. The normalized spacial score (nSPS) is 19.7. The Bertz CT molecular complexity index is 657. The van der Waals surface area contributed by atoms with Crippen LogP contribution in [-0.4, -0.2) is 35.4 Å². The second-order valence-electron chi connectivity index (χ2n) is 7.24. The maximum atomic E-state index is 12.6. The Morgan fingerprint density at radius 3 is 2.92 bits per heavy atom. The molecule has 0 aromatic carbocycles. The van der Waals surface area contributed by atoms with E-state index in [9.17, 15) is 4.79 Å². The number of hydrogen-bond donors (Lipinski definition) is 1. The smallest absolute Gasteiger partial charge is 0.261 e. The number of carbonyl (C=O) groups is 1. The number of piperidine rings is 1. The lowest BCUT2D eigenvalue weighted by molar-refractivity contribution is 0.0875. The Morgan fingerprint density at radius 1 is 1.36 bits per heavy atom. The monoisotopic (exact) mass is 357 g/mol. The Labute approximate surface area is 154 Å². The molecule has 5 heteroatoms. The van der Waals surface area contributed by atoms with Crippen LogP contribution in [-0.2, 0) is 0 Å². The molecule has 1 aliphatic rings. The van der Waals surface area contributed by atoms with Crippen molar-refractivity contribution in [2.75, 3.05) is 19.6 Å². The van der Waals surface area contributed by atoms with E-state index in [0.29, 0.717) is 11.8 Å². The predicted molar refractivity (Wildman–Crippen MR) is 103 cm³/mol. The van der Waals surface area contributed by atoms with Crippen molar-refractivity contribution in [1.29, 1.82) is 0 Å². The molecule has 1 amide bonds. The van der Waals surface area contributed by atoms with Crippen LogP contribution < -0.4 is 5.32 Å². The Balaban J connectivity index is 1.77. The molecule has 4 nitrogen and oxygen atoms in total. The van der Waals surface area contributed by atoms with E-state index in [4.69, 9.17) is 0 Å². The number of amides is 1. The van der Waals surface area contributed by atoms with Gasteiger partial charge in [0.1, 0.15) is 0 Å². The maximum Gasteiger partial charge on any atom is 0.261 e. The summed E-state index contributed by atoms with van der Waals surface area (Å²) in [5, 5.41) is 5.20. The molecule has 3 heterocycles. The van der Waals surface area contributed by atoms with Crippen molar-refractivity contribution in [2.45, 2.75) is 32.7 Å². The van der Waals surface area contributed by atoms with E-state index in [2.05, 4.69) is 29.0 Å². The number of pyridine rings is 1. The molecule has 2 atom stereocenters. The van der Waals surface area contributed by atoms with Gasteiger partial charge in [0.2, 0.25) is 0 Å². The van der Waals surface area contributed by atoms with Crippen LogP contribution in [0.15, 0.2) is 41.9 Å². The molecule has 0 spiro atoms. The van der Waals surface area contributed by atoms with Gasteiger partial charge in [0.15, 0.2) is 0 Å². The first-order valence-electron chi connectivity index (χ1n) is 9.11. The Kier molecular flexibility index (Phi) is 6.21. The van der Waals surface area contributed by atoms with Crippen molar-refractivity contribution >= 4 is 17.2 Å². The molecule has 134 valence electrons. The summed E-state index contributed by atoms with van der Waals surface area (Å²) in [4.78, 5) is 20.5. The molecule has 2 aromatic rings. The minimum absolute atomic E-state index is 0.00614. The minimum atomic E-state index is -0.0363. The van der Waals surface area contributed by atoms with Crippen LogP contribution >= 0.6 is 11.3 Å². The third kappa shape index (κ3) is 4.89. The van der Waals surface area contributed by atoms with Gasteiger partial charge in [-0.3, -0.25) is 9.78 Å². The molecule has 0 radical (unpaired) electrons. The number of carbonyl (C=O) groups excluding carboxylic acids is 1. The molecule has 1 saturated heterocycles. The zero-order chi connectivity index (χ0) is 17.6. The van der Waals surface area contributed by atoms with Gasteiger partial charge >= 0.3 is 0 Å². The topological polar surface area (TPSA) is 45.2 Å². The van der Waals surface area contributed by atoms with Crippen LogP contribution in [0.5, 0.6) is 0 Å². The number of hydrogen-bond acceptors (Lipinski definition) is 4. The lowest BCUT2D eigenvalue weighted by Crippen LogP contribution is -2.44. The maximum absolute atomic E-state index is 12.6. The van der Waals surface area contributed by atoms with Crippen LogP contribution in [0.3, 0.4) is 0 Å². The third-order valence-electron chi connectivity index (χ3n) is 4.67. The average Bonchev–Trinajstić information content (AvgIpc) is 3.15. The second-order valence-corrected chi connectivity index (χ2v) is 8.19. The standard InChI is InChI=1S/C20H27N3OS/c1-15(2)13-23-11-5-7-16(14-23)19(17-8-3-4-10-21-17)22-20(24)18-9-6-12-25-18/h3-4,6,8-10,12,15-16,19H,5,7,11,13-14H2,1-2H3,(H,22,24)/t16-,19-/m1/s1. The van der Waals surface area contributed by atoms with Crippen molar-refractivity contribution in [3.05, 3.63) is 52.5 Å². The van der Waals surface area contributed by atoms with Gasteiger partial charge in [0, 0.05) is 19.3 Å². The highest BCUT2D eigenvalue weighted by Gasteiger charge is 2.30. The Morgan fingerprint density at radius 2 is 2.24 bits per heavy atom. The highest BCUT2D eigenvalue weighted by molar-refractivity contribution is 7.12. The molecule has 0 aliphatic carbocycles. The van der Waals surface area contributed by atoms with Crippen molar-refractivity contribution in [3.63, 3.8) is 0 Å². The number of likely N-dealkylation sites (tertiary alicyclic amines) is 1. The molecule has 25 heavy (non-hydrogen) atoms. The summed E-state index contributed by atoms with van der Waals surface area (Å²) in [6.45, 7) is 7.81. The summed E-state index contributed by atoms with van der Waals surface area (Å²) < 4.78 is 0. The van der Waals surface area contributed by atoms with Crippen molar-refractivity contribution in [2.24, 2.45) is 11.8 Å². The number of rotatable bonds is 6. The zero-order valence-electron chi connectivity index (χ0n) is 15.0. The van der Waals surface area contributed by atoms with Crippen LogP contribution in [0.25, 0.3) is 0 Å². The Hall–Kier alpha value is -1.72. The molecule has 0 unspecified atom stereocenters. The molecule has 1 aliphatic heterocycles. The summed E-state index contributed by atoms with van der Waals surface area (Å²) in [6.07, 6.45) is 4.12. The first kappa shape index (κ1) is 18.1. The molecule has 0 saturated carbocycles. The van der Waals surface area contributed by atoms with Crippen LogP contribution in [0.2, 0.25) is 0 Å². The molecule has 1 N–H and O–H groups in total. The van der Waals surface area contributed by atoms with Gasteiger partial charge < -0.3 is 10.2 Å². The number of nitrogens with zero attached hydrogens (tertiary/aromatic N) is 2. The average molecular weight is 358 g/mol. The summed E-state index contributed by atoms with van der Waals surface area (Å²) in [5.41, 5.74) is 0.962. The first-order valence-corrected chi connectivity index (χ1v) is 9.99. The van der Waals surface area contributed by atoms with Crippen molar-refractivity contribution in [3.8, 4) is 0 Å². The van der Waals surface area contributed by atoms with Crippen LogP contribution in [0.1, 0.15) is 48.1 Å². The molecular weight excluding hydrogens is 330 g/mol. The fraction of sp³-hybridized carbons (Fsp3) is 0.500. The fourth-order valence-electron chi connectivity index (χ4n) is 3.66. The molecule has 1 fully saturated rings.